The molecule has 2 aromatic rings. The molecule has 2 aliphatic heterocycles. The van der Waals surface area contributed by atoms with Crippen molar-refractivity contribution in [2.24, 2.45) is 0 Å². The van der Waals surface area contributed by atoms with E-state index in [2.05, 4.69) is 15.2 Å². The lowest BCUT2D eigenvalue weighted by Crippen LogP contribution is -2.49. The van der Waals surface area contributed by atoms with Gasteiger partial charge in [0.25, 0.3) is 0 Å². The molecule has 1 aromatic heterocycles. The van der Waals surface area contributed by atoms with Crippen LogP contribution in [0.5, 0.6) is 0 Å². The van der Waals surface area contributed by atoms with Gasteiger partial charge in [-0.3, -0.25) is 9.88 Å². The topological polar surface area (TPSA) is 65.5 Å². The number of nitrogens with zero attached hydrogens (tertiary/aromatic N) is 3. The Morgan fingerprint density at radius 3 is 2.71 bits per heavy atom. The highest BCUT2D eigenvalue weighted by atomic mass is 32.2. The summed E-state index contributed by atoms with van der Waals surface area (Å²) >= 11 is 0. The van der Waals surface area contributed by atoms with Gasteiger partial charge in [-0.2, -0.15) is 4.31 Å². The van der Waals surface area contributed by atoms with Crippen LogP contribution in [0.2, 0.25) is 0 Å². The van der Waals surface area contributed by atoms with Gasteiger partial charge in [0.05, 0.1) is 5.52 Å². The lowest BCUT2D eigenvalue weighted by atomic mass is 10.2. The Hall–Kier alpha value is -1.54. The van der Waals surface area contributed by atoms with Crippen LogP contribution < -0.4 is 5.32 Å². The van der Waals surface area contributed by atoms with Gasteiger partial charge in [-0.25, -0.2) is 8.42 Å². The predicted molar refractivity (Wildman–Crippen MR) is 93.3 cm³/mol. The van der Waals surface area contributed by atoms with Crippen LogP contribution in [-0.2, 0) is 10.0 Å². The molecule has 3 heterocycles. The van der Waals surface area contributed by atoms with Gasteiger partial charge in [0, 0.05) is 56.9 Å². The van der Waals surface area contributed by atoms with E-state index in [1.807, 2.05) is 18.2 Å². The predicted octanol–water partition coefficient (Wildman–Crippen LogP) is 0.903. The maximum atomic E-state index is 13.1. The van der Waals surface area contributed by atoms with Gasteiger partial charge in [0.1, 0.15) is 4.90 Å². The van der Waals surface area contributed by atoms with Crippen molar-refractivity contribution >= 4 is 20.9 Å². The molecule has 0 amide bonds. The number of hydrogen-bond acceptors (Lipinski definition) is 5. The molecule has 6 nitrogen and oxygen atoms in total. The highest BCUT2D eigenvalue weighted by Gasteiger charge is 2.36. The fourth-order valence-electron chi connectivity index (χ4n) is 3.70. The smallest absolute Gasteiger partial charge is 0.245 e. The van der Waals surface area contributed by atoms with Gasteiger partial charge in [-0.05, 0) is 18.6 Å². The normalized spacial score (nSPS) is 23.8. The fourth-order valence-corrected chi connectivity index (χ4v) is 5.36. The SMILES string of the molecule is O=S(=O)(c1cccc2cccnc12)N1CCC(N2CCNCC2)C1. The Balaban J connectivity index is 1.61. The number of para-hydroxylation sites is 1. The molecule has 0 aliphatic carbocycles. The second-order valence-electron chi connectivity index (χ2n) is 6.42. The first-order valence-electron chi connectivity index (χ1n) is 8.45. The van der Waals surface area contributed by atoms with E-state index in [9.17, 15) is 8.42 Å². The number of rotatable bonds is 3. The molecule has 128 valence electrons. The van der Waals surface area contributed by atoms with Crippen LogP contribution in [-0.4, -0.2) is 67.9 Å². The van der Waals surface area contributed by atoms with E-state index in [1.54, 1.807) is 22.6 Å². The molecule has 24 heavy (non-hydrogen) atoms. The first-order chi connectivity index (χ1) is 11.7. The summed E-state index contributed by atoms with van der Waals surface area (Å²) in [5.41, 5.74) is 0.561. The number of aromatic nitrogens is 1. The third kappa shape index (κ3) is 2.82. The van der Waals surface area contributed by atoms with Crippen molar-refractivity contribution in [1.29, 1.82) is 0 Å². The minimum Gasteiger partial charge on any atom is -0.314 e. The van der Waals surface area contributed by atoms with Crippen LogP contribution in [0.4, 0.5) is 0 Å². The minimum atomic E-state index is -3.51. The van der Waals surface area contributed by atoms with Crippen LogP contribution in [0.3, 0.4) is 0 Å². The summed E-state index contributed by atoms with van der Waals surface area (Å²) in [6.45, 7) is 5.11. The third-order valence-corrected chi connectivity index (χ3v) is 6.90. The van der Waals surface area contributed by atoms with E-state index in [0.717, 1.165) is 38.0 Å². The summed E-state index contributed by atoms with van der Waals surface area (Å²) in [6.07, 6.45) is 2.55. The van der Waals surface area contributed by atoms with Gasteiger partial charge < -0.3 is 5.32 Å². The summed E-state index contributed by atoms with van der Waals surface area (Å²) in [7, 11) is -3.51. The van der Waals surface area contributed by atoms with Crippen LogP contribution in [0, 0.1) is 0 Å². The number of benzene rings is 1. The number of hydrogen-bond donors (Lipinski definition) is 1. The molecule has 1 atom stereocenters. The zero-order valence-corrected chi connectivity index (χ0v) is 14.4. The molecule has 0 spiro atoms. The van der Waals surface area contributed by atoms with Crippen molar-refractivity contribution in [3.8, 4) is 0 Å². The average Bonchev–Trinajstić information content (AvgIpc) is 3.13. The Morgan fingerprint density at radius 1 is 1.08 bits per heavy atom. The van der Waals surface area contributed by atoms with Crippen molar-refractivity contribution in [2.75, 3.05) is 39.3 Å². The maximum Gasteiger partial charge on any atom is 0.245 e. The Kier molecular flexibility index (Phi) is 4.26. The van der Waals surface area contributed by atoms with Gasteiger partial charge in [0.15, 0.2) is 0 Å². The van der Waals surface area contributed by atoms with Gasteiger partial charge in [-0.15, -0.1) is 0 Å². The second-order valence-corrected chi connectivity index (χ2v) is 8.33. The molecule has 2 saturated heterocycles. The van der Waals surface area contributed by atoms with E-state index in [-0.39, 0.29) is 0 Å². The van der Waals surface area contributed by atoms with Gasteiger partial charge >= 0.3 is 0 Å². The van der Waals surface area contributed by atoms with Crippen LogP contribution >= 0.6 is 0 Å². The molecule has 2 aliphatic rings. The zero-order valence-electron chi connectivity index (χ0n) is 13.6. The third-order valence-electron chi connectivity index (χ3n) is 5.01. The molecule has 1 aromatic carbocycles. The van der Waals surface area contributed by atoms with Gasteiger partial charge in [-0.1, -0.05) is 18.2 Å². The van der Waals surface area contributed by atoms with Crippen molar-refractivity contribution in [3.63, 3.8) is 0 Å². The fraction of sp³-hybridized carbons (Fsp3) is 0.471. The number of sulfonamides is 1. The van der Waals surface area contributed by atoms with Crippen molar-refractivity contribution in [3.05, 3.63) is 36.5 Å². The van der Waals surface area contributed by atoms with Crippen LogP contribution in [0.15, 0.2) is 41.4 Å². The molecule has 0 saturated carbocycles. The largest absolute Gasteiger partial charge is 0.314 e. The van der Waals surface area contributed by atoms with Crippen molar-refractivity contribution in [2.45, 2.75) is 17.4 Å². The van der Waals surface area contributed by atoms with E-state index in [0.29, 0.717) is 29.5 Å². The van der Waals surface area contributed by atoms with Crippen molar-refractivity contribution in [1.82, 2.24) is 19.5 Å². The molecule has 0 bridgehead atoms. The van der Waals surface area contributed by atoms with Gasteiger partial charge in [0.2, 0.25) is 10.0 Å². The monoisotopic (exact) mass is 346 g/mol. The summed E-state index contributed by atoms with van der Waals surface area (Å²) < 4.78 is 27.9. The Bertz CT molecular complexity index is 828. The highest BCUT2D eigenvalue weighted by molar-refractivity contribution is 7.89. The van der Waals surface area contributed by atoms with Crippen molar-refractivity contribution < 1.29 is 8.42 Å². The van der Waals surface area contributed by atoms with E-state index in [4.69, 9.17) is 0 Å². The highest BCUT2D eigenvalue weighted by Crippen LogP contribution is 2.27. The summed E-state index contributed by atoms with van der Waals surface area (Å²) in [6, 6.07) is 9.41. The zero-order chi connectivity index (χ0) is 16.6. The molecule has 2 fully saturated rings. The number of piperazine rings is 1. The number of nitrogens with one attached hydrogen (secondary N) is 1. The summed E-state index contributed by atoms with van der Waals surface area (Å²) in [5, 5.41) is 4.20. The lowest BCUT2D eigenvalue weighted by Gasteiger charge is -2.32. The summed E-state index contributed by atoms with van der Waals surface area (Å²) in [5.74, 6) is 0. The van der Waals surface area contributed by atoms with E-state index in [1.165, 1.54) is 0 Å². The Labute approximate surface area is 142 Å². The molecule has 4 rings (SSSR count). The quantitative estimate of drug-likeness (QED) is 0.895. The Morgan fingerprint density at radius 2 is 1.88 bits per heavy atom. The lowest BCUT2D eigenvalue weighted by molar-refractivity contribution is 0.179. The standard InChI is InChI=1S/C17H22N4O2S/c22-24(23,16-5-1-3-14-4-2-7-19-17(14)16)21-10-6-15(13-21)20-11-8-18-9-12-20/h1-5,7,15,18H,6,8-13H2. The summed E-state index contributed by atoms with van der Waals surface area (Å²) in [4.78, 5) is 7.03. The maximum absolute atomic E-state index is 13.1. The molecular weight excluding hydrogens is 324 g/mol. The average molecular weight is 346 g/mol. The second kappa shape index (κ2) is 6.40. The molecule has 1 unspecified atom stereocenters. The van der Waals surface area contributed by atoms with Crippen LogP contribution in [0.1, 0.15) is 6.42 Å². The molecular formula is C17H22N4O2S. The number of pyridine rings is 1. The molecule has 0 radical (unpaired) electrons. The minimum absolute atomic E-state index is 0.321. The molecule has 1 N–H and O–H groups in total. The molecule has 7 heteroatoms. The van der Waals surface area contributed by atoms with Crippen LogP contribution in [0.25, 0.3) is 10.9 Å². The van der Waals surface area contributed by atoms with E-state index >= 15 is 0 Å². The first-order valence-corrected chi connectivity index (χ1v) is 9.89. The number of fused-ring (bicyclic) bond motifs is 1. The van der Waals surface area contributed by atoms with E-state index < -0.39 is 10.0 Å². The first kappa shape index (κ1) is 16.0.